The van der Waals surface area contributed by atoms with Crippen LogP contribution in [0.4, 0.5) is 0 Å². The van der Waals surface area contributed by atoms with Crippen LogP contribution in [0.1, 0.15) is 52.8 Å². The number of piperidine rings is 1. The molecule has 3 atom stereocenters. The average Bonchev–Trinajstić information content (AvgIpc) is 3.41. The van der Waals surface area contributed by atoms with Gasteiger partial charge in [-0.2, -0.15) is 5.10 Å². The van der Waals surface area contributed by atoms with E-state index in [-0.39, 0.29) is 30.1 Å². The molecule has 6 rings (SSSR count). The Labute approximate surface area is 227 Å². The van der Waals surface area contributed by atoms with E-state index in [0.717, 1.165) is 40.7 Å². The number of nitrogens with zero attached hydrogens (tertiary/aromatic N) is 5. The second-order valence-electron chi connectivity index (χ2n) is 11.0. The fourth-order valence-corrected chi connectivity index (χ4v) is 5.89. The lowest BCUT2D eigenvalue weighted by Gasteiger charge is -2.27. The Bertz CT molecular complexity index is 1640. The van der Waals surface area contributed by atoms with Crippen molar-refractivity contribution < 1.29 is 14.4 Å². The highest BCUT2D eigenvalue weighted by Gasteiger charge is 2.55. The summed E-state index contributed by atoms with van der Waals surface area (Å²) in [6.07, 6.45) is 5.49. The number of carbonyl (C=O) groups excluding carboxylic acids is 3. The fraction of sp³-hybridized carbons (Fsp3) is 0.355. The van der Waals surface area contributed by atoms with Gasteiger partial charge in [-0.1, -0.05) is 29.8 Å². The van der Waals surface area contributed by atoms with E-state index in [1.807, 2.05) is 51.1 Å². The van der Waals surface area contributed by atoms with E-state index in [0.29, 0.717) is 34.8 Å². The average molecular weight is 522 g/mol. The normalized spacial score (nSPS) is 19.8. The van der Waals surface area contributed by atoms with Crippen molar-refractivity contribution in [1.82, 2.24) is 24.6 Å². The molecular formula is C31H31N5O3. The minimum absolute atomic E-state index is 0.0206. The second-order valence-corrected chi connectivity index (χ2v) is 11.0. The Balaban J connectivity index is 1.27. The standard InChI is InChI=1S/C31H31N5O3/c1-17-5-6-18(2)22(9-17)13-29(38)28-12-23-11-27(23)36(28)30(39)16-35-26-8-7-21(24-14-32-20(4)33-15-24)10-25(26)31(34-35)19(3)37/h5-10,14-15,23,27-28H,11-13,16H2,1-4H3/t23-,27-,28+/m1/s1. The molecule has 1 aliphatic heterocycles. The van der Waals surface area contributed by atoms with Gasteiger partial charge in [0.25, 0.3) is 0 Å². The predicted molar refractivity (Wildman–Crippen MR) is 147 cm³/mol. The molecule has 4 aromatic rings. The van der Waals surface area contributed by atoms with Crippen LogP contribution in [0.5, 0.6) is 0 Å². The summed E-state index contributed by atoms with van der Waals surface area (Å²) in [4.78, 5) is 50.0. The van der Waals surface area contributed by atoms with Gasteiger partial charge in [0, 0.05) is 42.7 Å². The van der Waals surface area contributed by atoms with E-state index < -0.39 is 6.04 Å². The van der Waals surface area contributed by atoms with E-state index in [2.05, 4.69) is 21.1 Å². The summed E-state index contributed by atoms with van der Waals surface area (Å²) in [7, 11) is 0. The van der Waals surface area contributed by atoms with E-state index in [1.165, 1.54) is 6.92 Å². The maximum absolute atomic E-state index is 13.7. The van der Waals surface area contributed by atoms with Crippen molar-refractivity contribution in [3.63, 3.8) is 0 Å². The van der Waals surface area contributed by atoms with Gasteiger partial charge in [0.05, 0.1) is 11.6 Å². The lowest BCUT2D eigenvalue weighted by Crippen LogP contribution is -2.45. The highest BCUT2D eigenvalue weighted by molar-refractivity contribution is 6.06. The first-order chi connectivity index (χ1) is 18.7. The van der Waals surface area contributed by atoms with Gasteiger partial charge in [0.1, 0.15) is 18.1 Å². The van der Waals surface area contributed by atoms with Gasteiger partial charge in [-0.3, -0.25) is 19.1 Å². The van der Waals surface area contributed by atoms with E-state index in [1.54, 1.807) is 22.0 Å². The van der Waals surface area contributed by atoms with Crippen LogP contribution in [-0.4, -0.2) is 54.2 Å². The highest BCUT2D eigenvalue weighted by atomic mass is 16.2. The molecule has 2 aromatic carbocycles. The molecule has 1 aliphatic carbocycles. The number of aromatic nitrogens is 4. The van der Waals surface area contributed by atoms with Crippen LogP contribution in [0.25, 0.3) is 22.0 Å². The molecule has 1 amide bonds. The Morgan fingerprint density at radius 3 is 2.46 bits per heavy atom. The van der Waals surface area contributed by atoms with Crippen molar-refractivity contribution in [1.29, 1.82) is 0 Å². The highest BCUT2D eigenvalue weighted by Crippen LogP contribution is 2.48. The van der Waals surface area contributed by atoms with E-state index >= 15 is 0 Å². The van der Waals surface area contributed by atoms with Crippen LogP contribution in [0, 0.1) is 26.7 Å². The fourth-order valence-electron chi connectivity index (χ4n) is 5.89. The number of rotatable bonds is 7. The number of hydrogen-bond donors (Lipinski definition) is 0. The number of hydrogen-bond acceptors (Lipinski definition) is 6. The Kier molecular flexibility index (Phi) is 6.13. The van der Waals surface area contributed by atoms with Gasteiger partial charge in [0.15, 0.2) is 11.6 Å². The SMILES string of the molecule is CC(=O)c1nn(CC(=O)N2[C@@H]3C[C@@H]3C[C@H]2C(=O)Cc2cc(C)ccc2C)c2ccc(-c3cnc(C)nc3)cc12. The zero-order valence-corrected chi connectivity index (χ0v) is 22.6. The number of aryl methyl sites for hydroxylation is 3. The van der Waals surface area contributed by atoms with E-state index in [9.17, 15) is 14.4 Å². The Morgan fingerprint density at radius 1 is 0.949 bits per heavy atom. The molecule has 0 N–H and O–H groups in total. The third-order valence-electron chi connectivity index (χ3n) is 8.12. The van der Waals surface area contributed by atoms with Gasteiger partial charge < -0.3 is 4.90 Å². The molecule has 8 heteroatoms. The molecule has 0 radical (unpaired) electrons. The number of benzene rings is 2. The summed E-state index contributed by atoms with van der Waals surface area (Å²) in [6, 6.07) is 11.6. The molecule has 1 saturated heterocycles. The van der Waals surface area contributed by atoms with Crippen molar-refractivity contribution in [2.45, 2.75) is 65.6 Å². The number of likely N-dealkylation sites (tertiary alicyclic amines) is 1. The summed E-state index contributed by atoms with van der Waals surface area (Å²) in [5.41, 5.74) is 5.96. The van der Waals surface area contributed by atoms with Crippen LogP contribution < -0.4 is 0 Å². The predicted octanol–water partition coefficient (Wildman–Crippen LogP) is 4.42. The van der Waals surface area contributed by atoms with Crippen molar-refractivity contribution in [3.8, 4) is 11.1 Å². The summed E-state index contributed by atoms with van der Waals surface area (Å²) in [5, 5.41) is 5.23. The minimum atomic E-state index is -0.414. The summed E-state index contributed by atoms with van der Waals surface area (Å²) in [6.45, 7) is 7.33. The molecule has 0 unspecified atom stereocenters. The van der Waals surface area contributed by atoms with Crippen LogP contribution in [0.3, 0.4) is 0 Å². The molecule has 0 bridgehead atoms. The smallest absolute Gasteiger partial charge is 0.245 e. The lowest BCUT2D eigenvalue weighted by atomic mass is 9.96. The third-order valence-corrected chi connectivity index (χ3v) is 8.12. The van der Waals surface area contributed by atoms with Crippen LogP contribution in [0.2, 0.25) is 0 Å². The van der Waals surface area contributed by atoms with Gasteiger partial charge in [-0.05, 0) is 68.4 Å². The Hall–Kier alpha value is -4.20. The first kappa shape index (κ1) is 25.1. The molecule has 2 aliphatic rings. The molecule has 1 saturated carbocycles. The number of Topliss-reactive ketones (excluding diaryl/α,β-unsaturated/α-hetero) is 2. The number of amides is 1. The van der Waals surface area contributed by atoms with E-state index in [4.69, 9.17) is 0 Å². The molecule has 8 nitrogen and oxygen atoms in total. The zero-order valence-electron chi connectivity index (χ0n) is 22.6. The molecule has 3 heterocycles. The summed E-state index contributed by atoms with van der Waals surface area (Å²) < 4.78 is 1.60. The van der Waals surface area contributed by atoms with Gasteiger partial charge in [-0.25, -0.2) is 9.97 Å². The third kappa shape index (κ3) is 4.64. The Morgan fingerprint density at radius 2 is 1.72 bits per heavy atom. The van der Waals surface area contributed by atoms with Crippen molar-refractivity contribution in [2.75, 3.05) is 0 Å². The minimum Gasteiger partial charge on any atom is -0.328 e. The van der Waals surface area contributed by atoms with Crippen LogP contribution >= 0.6 is 0 Å². The topological polar surface area (TPSA) is 98.1 Å². The molecule has 2 fully saturated rings. The second kappa shape index (κ2) is 9.52. The quantitative estimate of drug-likeness (QED) is 0.334. The van der Waals surface area contributed by atoms with Crippen LogP contribution in [0.15, 0.2) is 48.8 Å². The first-order valence-electron chi connectivity index (χ1n) is 13.4. The molecule has 2 aromatic heterocycles. The first-order valence-corrected chi connectivity index (χ1v) is 13.4. The molecule has 198 valence electrons. The van der Waals surface area contributed by atoms with Gasteiger partial charge >= 0.3 is 0 Å². The van der Waals surface area contributed by atoms with Crippen LogP contribution in [-0.2, 0) is 22.6 Å². The monoisotopic (exact) mass is 521 g/mol. The molecular weight excluding hydrogens is 490 g/mol. The van der Waals surface area contributed by atoms with Gasteiger partial charge in [-0.15, -0.1) is 0 Å². The van der Waals surface area contributed by atoms with Crippen molar-refractivity contribution >= 4 is 28.4 Å². The van der Waals surface area contributed by atoms with Gasteiger partial charge in [0.2, 0.25) is 5.91 Å². The number of ketones is 2. The number of carbonyl (C=O) groups is 3. The van der Waals surface area contributed by atoms with Crippen molar-refractivity contribution in [3.05, 3.63) is 77.0 Å². The number of fused-ring (bicyclic) bond motifs is 2. The molecule has 0 spiro atoms. The largest absolute Gasteiger partial charge is 0.328 e. The summed E-state index contributed by atoms with van der Waals surface area (Å²) >= 11 is 0. The molecule has 39 heavy (non-hydrogen) atoms. The van der Waals surface area contributed by atoms with Crippen molar-refractivity contribution in [2.24, 2.45) is 5.92 Å². The maximum Gasteiger partial charge on any atom is 0.245 e. The maximum atomic E-state index is 13.7. The lowest BCUT2D eigenvalue weighted by molar-refractivity contribution is -0.139. The zero-order chi connectivity index (χ0) is 27.4. The summed E-state index contributed by atoms with van der Waals surface area (Å²) in [5.74, 6) is 0.858.